The lowest BCUT2D eigenvalue weighted by Gasteiger charge is -2.09. The lowest BCUT2D eigenvalue weighted by molar-refractivity contribution is -0.109. The molecule has 12 heteroatoms. The third-order valence-corrected chi connectivity index (χ3v) is 19.0. The minimum Gasteiger partial charge on any atom is -0.354 e. The summed E-state index contributed by atoms with van der Waals surface area (Å²) in [7, 11) is 0. The maximum Gasteiger partial charge on any atom is 0.185 e. The summed E-state index contributed by atoms with van der Waals surface area (Å²) in [6.07, 6.45) is 25.2. The van der Waals surface area contributed by atoms with E-state index < -0.39 is 0 Å². The van der Waals surface area contributed by atoms with Gasteiger partial charge in [-0.15, -0.1) is 0 Å². The summed E-state index contributed by atoms with van der Waals surface area (Å²) in [6.45, 7) is 6.57. The largest absolute Gasteiger partial charge is 0.354 e. The zero-order valence-electron chi connectivity index (χ0n) is 49.2. The molecule has 8 bridgehead atoms. The number of nitrogens with one attached hydrogen (secondary N) is 2. The van der Waals surface area contributed by atoms with Crippen LogP contribution >= 0.6 is 47.0 Å². The average Bonchev–Trinajstić information content (AvgIpc) is 2.42. The highest BCUT2D eigenvalue weighted by molar-refractivity contribution is 8.14. The Morgan fingerprint density at radius 3 is 0.810 bits per heavy atom. The van der Waals surface area contributed by atoms with Crippen molar-refractivity contribution in [3.63, 3.8) is 0 Å². The summed E-state index contributed by atoms with van der Waals surface area (Å²) in [6, 6.07) is 44.8. The molecule has 7 aromatic rings. The van der Waals surface area contributed by atoms with Gasteiger partial charge < -0.3 is 9.97 Å². The van der Waals surface area contributed by atoms with Gasteiger partial charge in [0, 0.05) is 95.0 Å². The molecule has 2 aliphatic heterocycles. The first-order valence-corrected chi connectivity index (χ1v) is 34.0. The van der Waals surface area contributed by atoms with Crippen molar-refractivity contribution in [3.8, 4) is 44.5 Å². The fraction of sp³-hybridized carbons (Fsp3) is 0.333. The van der Waals surface area contributed by atoms with Crippen molar-refractivity contribution in [1.82, 2.24) is 19.9 Å². The van der Waals surface area contributed by atoms with E-state index in [0.29, 0.717) is 0 Å². The van der Waals surface area contributed by atoms with Gasteiger partial charge in [-0.1, -0.05) is 170 Å². The van der Waals surface area contributed by atoms with Gasteiger partial charge in [0.1, 0.15) is 0 Å². The summed E-state index contributed by atoms with van der Waals surface area (Å²) >= 11 is 5.66. The molecule has 0 saturated heterocycles. The van der Waals surface area contributed by atoms with Gasteiger partial charge in [-0.2, -0.15) is 0 Å². The van der Waals surface area contributed by atoms with Crippen LogP contribution in [-0.4, -0.2) is 63.4 Å². The minimum atomic E-state index is 0.181. The molecule has 0 spiro atoms. The van der Waals surface area contributed by atoms with Crippen LogP contribution in [0.1, 0.15) is 150 Å². The van der Waals surface area contributed by atoms with Crippen LogP contribution in [-0.2, 0) is 44.9 Å². The van der Waals surface area contributed by atoms with E-state index in [0.717, 1.165) is 215 Å². The number of hydrogen-bond acceptors (Lipinski definition) is 10. The predicted octanol–water partition coefficient (Wildman–Crippen LogP) is 19.3. The van der Waals surface area contributed by atoms with Gasteiger partial charge in [0.25, 0.3) is 0 Å². The van der Waals surface area contributed by atoms with E-state index in [9.17, 15) is 19.2 Å². The fourth-order valence-electron chi connectivity index (χ4n) is 11.1. The quantitative estimate of drug-likeness (QED) is 0.0458. The van der Waals surface area contributed by atoms with Crippen LogP contribution in [0.3, 0.4) is 0 Å². The molecule has 0 fully saturated rings. The number of hydrogen-bond donors (Lipinski definition) is 2. The number of H-pyrrole nitrogens is 2. The summed E-state index contributed by atoms with van der Waals surface area (Å²) in [5.74, 6) is 3.49. The van der Waals surface area contributed by atoms with Crippen LogP contribution in [0, 0.1) is 0 Å². The van der Waals surface area contributed by atoms with Crippen molar-refractivity contribution in [1.29, 1.82) is 0 Å². The monoisotopic (exact) mass is 1190 g/mol. The molecule has 0 radical (unpaired) electrons. The number of unbranched alkanes of at least 4 members (excludes halogenated alkanes) is 8. The van der Waals surface area contributed by atoms with Gasteiger partial charge in [0.05, 0.1) is 22.8 Å². The Labute approximate surface area is 513 Å². The van der Waals surface area contributed by atoms with Gasteiger partial charge in [0.15, 0.2) is 20.5 Å². The number of fused-ring (bicyclic) bond motifs is 8. The second kappa shape index (κ2) is 31.6. The van der Waals surface area contributed by atoms with Gasteiger partial charge in [-0.25, -0.2) is 9.97 Å². The second-order valence-corrected chi connectivity index (χ2v) is 27.0. The summed E-state index contributed by atoms with van der Waals surface area (Å²) in [5.41, 5.74) is 20.7. The van der Waals surface area contributed by atoms with E-state index in [2.05, 4.69) is 156 Å². The molecule has 2 N–H and O–H groups in total. The fourth-order valence-corrected chi connectivity index (χ4v) is 13.6. The molecule has 434 valence electrons. The van der Waals surface area contributed by atoms with Crippen LogP contribution in [0.5, 0.6) is 0 Å². The molecule has 9 rings (SSSR count). The zero-order chi connectivity index (χ0) is 58.6. The Kier molecular flexibility index (Phi) is 23.4. The lowest BCUT2D eigenvalue weighted by atomic mass is 9.99. The topological polar surface area (TPSA) is 126 Å². The maximum absolute atomic E-state index is 11.5. The summed E-state index contributed by atoms with van der Waals surface area (Å²) in [5, 5.41) is 0.729. The molecule has 0 amide bonds. The highest BCUT2D eigenvalue weighted by Gasteiger charge is 2.20. The van der Waals surface area contributed by atoms with Crippen molar-refractivity contribution in [3.05, 3.63) is 166 Å². The SMILES string of the molecule is CC(=O)SCCCCCc1ccc(-c2c3nc(c(-c4ccc(CCCCCSC(C)=O)cc4)c4ccc([nH]4)c(-c4ccc(CCCCCSC(C)=O)cc4)c4ccc([nH]4)c(-c4ccc(CCCCCSC(C)=O)cc4)c4nc2C=C4)C=C3)cc1. The number of carbonyl (C=O) groups excluding carboxylic acids is 4. The van der Waals surface area contributed by atoms with Gasteiger partial charge in [-0.3, -0.25) is 19.2 Å². The summed E-state index contributed by atoms with van der Waals surface area (Å²) < 4.78 is 0. The highest BCUT2D eigenvalue weighted by Crippen LogP contribution is 2.39. The third-order valence-electron chi connectivity index (χ3n) is 15.4. The zero-order valence-corrected chi connectivity index (χ0v) is 52.4. The number of thioether (sulfide) groups is 4. The van der Waals surface area contributed by atoms with Crippen LogP contribution in [0.2, 0.25) is 0 Å². The first-order chi connectivity index (χ1) is 40.9. The molecular formula is C72H78N4O4S4. The van der Waals surface area contributed by atoms with Crippen LogP contribution in [0.4, 0.5) is 0 Å². The molecule has 2 aliphatic rings. The van der Waals surface area contributed by atoms with Crippen LogP contribution in [0.25, 0.3) is 90.9 Å². The van der Waals surface area contributed by atoms with Crippen molar-refractivity contribution < 1.29 is 19.2 Å². The highest BCUT2D eigenvalue weighted by atomic mass is 32.2. The Hall–Kier alpha value is -6.44. The minimum absolute atomic E-state index is 0.181. The van der Waals surface area contributed by atoms with Crippen LogP contribution < -0.4 is 0 Å². The average molecular weight is 1190 g/mol. The second-order valence-electron chi connectivity index (χ2n) is 21.9. The van der Waals surface area contributed by atoms with Gasteiger partial charge in [-0.05, 0) is 170 Å². The first-order valence-electron chi connectivity index (χ1n) is 30.0. The van der Waals surface area contributed by atoms with E-state index in [-0.39, 0.29) is 20.5 Å². The molecule has 0 unspecified atom stereocenters. The normalized spacial score (nSPS) is 11.9. The molecule has 5 heterocycles. The van der Waals surface area contributed by atoms with E-state index in [1.165, 1.54) is 69.3 Å². The molecule has 84 heavy (non-hydrogen) atoms. The standard InChI is InChI=1S/C72H78N4O4S4/c1-49(77)81-45-13-5-9-17-53-21-29-57(30-22-53)69-61-37-39-63(73-61)70(58-31-23-54(24-32-58)18-10-6-14-46-82-50(2)78)65-41-43-67(75-65)72(60-35-27-56(28-36-60)20-12-8-16-48-84-52(4)80)68-44-42-66(76-68)71(64-40-38-62(69)74-64)59-33-25-55(26-34-59)19-11-7-15-47-83-51(3)79/h21-44,73-74H,5-20,45-48H2,1-4H3. The molecular weight excluding hydrogens is 1110 g/mol. The molecule has 0 saturated carbocycles. The molecule has 0 aliphatic carbocycles. The third kappa shape index (κ3) is 17.8. The maximum atomic E-state index is 11.5. The number of carbonyl (C=O) groups is 4. The number of nitrogens with zero attached hydrogens (tertiary/aromatic N) is 2. The molecule has 4 aromatic carbocycles. The van der Waals surface area contributed by atoms with E-state index >= 15 is 0 Å². The predicted molar refractivity (Wildman–Crippen MR) is 363 cm³/mol. The molecule has 0 atom stereocenters. The van der Waals surface area contributed by atoms with E-state index in [1.54, 1.807) is 27.7 Å². The summed E-state index contributed by atoms with van der Waals surface area (Å²) in [4.78, 5) is 65.1. The van der Waals surface area contributed by atoms with Crippen molar-refractivity contribution >= 4 is 114 Å². The van der Waals surface area contributed by atoms with Crippen molar-refractivity contribution in [2.75, 3.05) is 23.0 Å². The molecule has 3 aromatic heterocycles. The Bertz CT molecular complexity index is 3470. The van der Waals surface area contributed by atoms with Crippen LogP contribution in [0.15, 0.2) is 121 Å². The smallest absolute Gasteiger partial charge is 0.185 e. The number of rotatable bonds is 28. The number of aromatic nitrogens is 4. The van der Waals surface area contributed by atoms with E-state index in [4.69, 9.17) is 9.97 Å². The van der Waals surface area contributed by atoms with Gasteiger partial charge >= 0.3 is 0 Å². The Balaban J connectivity index is 1.17. The van der Waals surface area contributed by atoms with Crippen molar-refractivity contribution in [2.45, 2.75) is 130 Å². The van der Waals surface area contributed by atoms with Gasteiger partial charge in [0.2, 0.25) is 0 Å². The Morgan fingerprint density at radius 2 is 0.536 bits per heavy atom. The lowest BCUT2D eigenvalue weighted by Crippen LogP contribution is -1.93. The Morgan fingerprint density at radius 1 is 0.298 bits per heavy atom. The number of aromatic amines is 2. The number of benzene rings is 4. The number of aryl methyl sites for hydroxylation is 4. The molecule has 8 nitrogen and oxygen atoms in total. The first kappa shape index (κ1) is 62.1. The van der Waals surface area contributed by atoms with E-state index in [1.807, 2.05) is 0 Å². The van der Waals surface area contributed by atoms with Crippen molar-refractivity contribution in [2.24, 2.45) is 0 Å².